The first kappa shape index (κ1) is 14.9. The highest BCUT2D eigenvalue weighted by molar-refractivity contribution is 7.11. The SMILES string of the molecule is O=C(NCc1nc2c(s1)CCCC2)C1CCC(F)(F)CC1. The van der Waals surface area contributed by atoms with E-state index in [-0.39, 0.29) is 37.5 Å². The van der Waals surface area contributed by atoms with Crippen molar-refractivity contribution in [1.29, 1.82) is 0 Å². The highest BCUT2D eigenvalue weighted by Gasteiger charge is 2.37. The van der Waals surface area contributed by atoms with Crippen LogP contribution in [0.25, 0.3) is 0 Å². The first-order chi connectivity index (χ1) is 10.0. The fraction of sp³-hybridized carbons (Fsp3) is 0.733. The minimum Gasteiger partial charge on any atom is -0.349 e. The van der Waals surface area contributed by atoms with Gasteiger partial charge in [-0.2, -0.15) is 0 Å². The molecule has 0 radical (unpaired) electrons. The highest BCUT2D eigenvalue weighted by atomic mass is 32.1. The Morgan fingerprint density at radius 2 is 2.00 bits per heavy atom. The van der Waals surface area contributed by atoms with E-state index < -0.39 is 5.92 Å². The van der Waals surface area contributed by atoms with E-state index in [2.05, 4.69) is 10.3 Å². The van der Waals surface area contributed by atoms with Gasteiger partial charge in [-0.1, -0.05) is 0 Å². The average Bonchev–Trinajstić information content (AvgIpc) is 2.87. The molecule has 0 bridgehead atoms. The Hall–Kier alpha value is -1.04. The van der Waals surface area contributed by atoms with Crippen molar-refractivity contribution in [2.45, 2.75) is 63.8 Å². The summed E-state index contributed by atoms with van der Waals surface area (Å²) in [6, 6.07) is 0. The van der Waals surface area contributed by atoms with Crippen LogP contribution in [0.15, 0.2) is 0 Å². The van der Waals surface area contributed by atoms with E-state index in [0.29, 0.717) is 6.54 Å². The van der Waals surface area contributed by atoms with Crippen LogP contribution in [0.1, 0.15) is 54.1 Å². The Morgan fingerprint density at radius 1 is 1.29 bits per heavy atom. The van der Waals surface area contributed by atoms with Gasteiger partial charge in [0.1, 0.15) is 5.01 Å². The van der Waals surface area contributed by atoms with Gasteiger partial charge < -0.3 is 5.32 Å². The van der Waals surface area contributed by atoms with Crippen LogP contribution in [0.5, 0.6) is 0 Å². The zero-order valence-corrected chi connectivity index (χ0v) is 12.8. The van der Waals surface area contributed by atoms with Crippen molar-refractivity contribution < 1.29 is 13.6 Å². The average molecular weight is 314 g/mol. The molecule has 0 saturated heterocycles. The van der Waals surface area contributed by atoms with Gasteiger partial charge in [0.25, 0.3) is 0 Å². The number of carbonyl (C=O) groups excluding carboxylic acids is 1. The summed E-state index contributed by atoms with van der Waals surface area (Å²) in [4.78, 5) is 18.0. The van der Waals surface area contributed by atoms with Gasteiger partial charge in [0.05, 0.1) is 12.2 Å². The zero-order chi connectivity index (χ0) is 14.9. The molecular weight excluding hydrogens is 294 g/mol. The molecule has 3 rings (SSSR count). The standard InChI is InChI=1S/C15H20F2N2OS/c16-15(17)7-5-10(6-8-15)14(20)18-9-13-19-11-3-1-2-4-12(11)21-13/h10H,1-9H2,(H,18,20). The molecule has 116 valence electrons. The Balaban J connectivity index is 1.51. The number of aryl methyl sites for hydroxylation is 2. The molecule has 1 heterocycles. The summed E-state index contributed by atoms with van der Waals surface area (Å²) in [7, 11) is 0. The van der Waals surface area contributed by atoms with Crippen molar-refractivity contribution in [1.82, 2.24) is 10.3 Å². The number of rotatable bonds is 3. The molecule has 21 heavy (non-hydrogen) atoms. The van der Waals surface area contributed by atoms with Crippen LogP contribution in [0.2, 0.25) is 0 Å². The molecule has 2 aliphatic carbocycles. The van der Waals surface area contributed by atoms with Crippen LogP contribution in [0, 0.1) is 5.92 Å². The van der Waals surface area contributed by atoms with Crippen molar-refractivity contribution >= 4 is 17.2 Å². The van der Waals surface area contributed by atoms with E-state index in [1.54, 1.807) is 11.3 Å². The highest BCUT2D eigenvalue weighted by Crippen LogP contribution is 2.36. The third-order valence-electron chi connectivity index (χ3n) is 4.39. The number of nitrogens with zero attached hydrogens (tertiary/aromatic N) is 1. The molecule has 0 unspecified atom stereocenters. The van der Waals surface area contributed by atoms with E-state index in [1.165, 1.54) is 23.4 Å². The number of alkyl halides is 2. The molecule has 0 aliphatic heterocycles. The first-order valence-corrected chi connectivity index (χ1v) is 8.48. The van der Waals surface area contributed by atoms with Crippen LogP contribution in [0.4, 0.5) is 8.78 Å². The lowest BCUT2D eigenvalue weighted by Gasteiger charge is -2.27. The summed E-state index contributed by atoms with van der Waals surface area (Å²) in [5.41, 5.74) is 1.19. The number of nitrogens with one attached hydrogen (secondary N) is 1. The predicted octanol–water partition coefficient (Wildman–Crippen LogP) is 3.46. The molecule has 2 aliphatic rings. The second kappa shape index (κ2) is 5.99. The lowest BCUT2D eigenvalue weighted by atomic mass is 9.86. The Labute approximate surface area is 127 Å². The van der Waals surface area contributed by atoms with Crippen LogP contribution in [-0.4, -0.2) is 16.8 Å². The lowest BCUT2D eigenvalue weighted by molar-refractivity contribution is -0.129. The summed E-state index contributed by atoms with van der Waals surface area (Å²) in [5, 5.41) is 3.81. The number of thiazole rings is 1. The summed E-state index contributed by atoms with van der Waals surface area (Å²) in [6.07, 6.45) is 4.78. The summed E-state index contributed by atoms with van der Waals surface area (Å²) >= 11 is 1.68. The molecule has 0 aromatic carbocycles. The topological polar surface area (TPSA) is 42.0 Å². The van der Waals surface area contributed by atoms with Gasteiger partial charge in [0.2, 0.25) is 11.8 Å². The van der Waals surface area contributed by atoms with Gasteiger partial charge in [-0.3, -0.25) is 4.79 Å². The largest absolute Gasteiger partial charge is 0.349 e. The van der Waals surface area contributed by atoms with Crippen molar-refractivity contribution in [3.63, 3.8) is 0 Å². The van der Waals surface area contributed by atoms with Gasteiger partial charge in [0, 0.05) is 23.6 Å². The number of aromatic nitrogens is 1. The van der Waals surface area contributed by atoms with E-state index >= 15 is 0 Å². The fourth-order valence-electron chi connectivity index (χ4n) is 3.09. The Bertz CT molecular complexity index is 496. The monoisotopic (exact) mass is 314 g/mol. The normalized spacial score (nSPS) is 21.8. The number of carbonyl (C=O) groups is 1. The number of fused-ring (bicyclic) bond motifs is 1. The van der Waals surface area contributed by atoms with E-state index in [9.17, 15) is 13.6 Å². The molecule has 1 saturated carbocycles. The van der Waals surface area contributed by atoms with Crippen molar-refractivity contribution in [2.75, 3.05) is 0 Å². The van der Waals surface area contributed by atoms with Gasteiger partial charge in [-0.05, 0) is 38.5 Å². The van der Waals surface area contributed by atoms with Crippen LogP contribution in [-0.2, 0) is 24.2 Å². The molecule has 1 N–H and O–H groups in total. The van der Waals surface area contributed by atoms with Crippen LogP contribution in [0.3, 0.4) is 0 Å². The van der Waals surface area contributed by atoms with Crippen molar-refractivity contribution in [3.8, 4) is 0 Å². The molecule has 1 aromatic rings. The number of amides is 1. The Morgan fingerprint density at radius 3 is 2.71 bits per heavy atom. The minimum absolute atomic E-state index is 0.0985. The molecule has 1 amide bonds. The van der Waals surface area contributed by atoms with Gasteiger partial charge in [-0.15, -0.1) is 11.3 Å². The quantitative estimate of drug-likeness (QED) is 0.928. The molecular formula is C15H20F2N2OS. The second-order valence-electron chi connectivity index (χ2n) is 6.03. The maximum atomic E-state index is 13.1. The summed E-state index contributed by atoms with van der Waals surface area (Å²) < 4.78 is 26.2. The molecule has 0 spiro atoms. The molecule has 1 fully saturated rings. The van der Waals surface area contributed by atoms with E-state index in [1.807, 2.05) is 0 Å². The molecule has 1 aromatic heterocycles. The van der Waals surface area contributed by atoms with E-state index in [4.69, 9.17) is 0 Å². The molecule has 3 nitrogen and oxygen atoms in total. The van der Waals surface area contributed by atoms with Gasteiger partial charge in [0.15, 0.2) is 0 Å². The fourth-order valence-corrected chi connectivity index (χ4v) is 4.19. The molecule has 0 atom stereocenters. The summed E-state index contributed by atoms with van der Waals surface area (Å²) in [6.45, 7) is 0.434. The number of hydrogen-bond donors (Lipinski definition) is 1. The van der Waals surface area contributed by atoms with E-state index in [0.717, 1.165) is 17.8 Å². The van der Waals surface area contributed by atoms with Crippen molar-refractivity contribution in [2.24, 2.45) is 5.92 Å². The van der Waals surface area contributed by atoms with Gasteiger partial charge >= 0.3 is 0 Å². The third kappa shape index (κ3) is 3.59. The second-order valence-corrected chi connectivity index (χ2v) is 7.20. The zero-order valence-electron chi connectivity index (χ0n) is 12.0. The van der Waals surface area contributed by atoms with Crippen molar-refractivity contribution in [3.05, 3.63) is 15.6 Å². The minimum atomic E-state index is -2.58. The maximum Gasteiger partial charge on any atom is 0.248 e. The number of halogens is 2. The summed E-state index contributed by atoms with van der Waals surface area (Å²) in [5.74, 6) is -2.94. The lowest BCUT2D eigenvalue weighted by Crippen LogP contribution is -2.35. The molecule has 6 heteroatoms. The van der Waals surface area contributed by atoms with Gasteiger partial charge in [-0.25, -0.2) is 13.8 Å². The van der Waals surface area contributed by atoms with Crippen LogP contribution >= 0.6 is 11.3 Å². The first-order valence-electron chi connectivity index (χ1n) is 7.66. The van der Waals surface area contributed by atoms with Crippen LogP contribution < -0.4 is 5.32 Å². The maximum absolute atomic E-state index is 13.1. The third-order valence-corrected chi connectivity index (χ3v) is 5.55. The number of hydrogen-bond acceptors (Lipinski definition) is 3. The predicted molar refractivity (Wildman–Crippen MR) is 77.5 cm³/mol. The Kier molecular flexibility index (Phi) is 4.24. The smallest absolute Gasteiger partial charge is 0.248 e.